The van der Waals surface area contributed by atoms with Crippen LogP contribution in [0, 0.1) is 13.8 Å². The zero-order valence-electron chi connectivity index (χ0n) is 12.9. The molecule has 0 aliphatic carbocycles. The number of hydrogen-bond donors (Lipinski definition) is 1. The normalized spacial score (nSPS) is 10.9. The Bertz CT molecular complexity index is 851. The first kappa shape index (κ1) is 14.3. The molecule has 0 fully saturated rings. The van der Waals surface area contributed by atoms with Gasteiger partial charge in [-0.05, 0) is 37.5 Å². The maximum absolute atomic E-state index is 12.5. The molecule has 0 aliphatic heterocycles. The Morgan fingerprint density at radius 3 is 2.86 bits per heavy atom. The summed E-state index contributed by atoms with van der Waals surface area (Å²) in [5.41, 5.74) is 5.00. The van der Waals surface area contributed by atoms with E-state index in [1.54, 1.807) is 22.8 Å². The van der Waals surface area contributed by atoms with Crippen LogP contribution < -0.4 is 5.32 Å². The minimum absolute atomic E-state index is 0.198. The second-order valence-electron chi connectivity index (χ2n) is 5.30. The van der Waals surface area contributed by atoms with Crippen LogP contribution in [0.25, 0.3) is 5.65 Å². The highest BCUT2D eigenvalue weighted by atomic mass is 16.1. The summed E-state index contributed by atoms with van der Waals surface area (Å²) in [5, 5.41) is 7.17. The highest BCUT2D eigenvalue weighted by molar-refractivity contribution is 6.04. The highest BCUT2D eigenvalue weighted by Gasteiger charge is 2.14. The monoisotopic (exact) mass is 294 g/mol. The fraction of sp³-hybridized carbons (Fsp3) is 0.235. The van der Waals surface area contributed by atoms with Gasteiger partial charge in [0.15, 0.2) is 5.65 Å². The maximum atomic E-state index is 12.5. The third kappa shape index (κ3) is 2.45. The van der Waals surface area contributed by atoms with E-state index in [2.05, 4.69) is 22.3 Å². The van der Waals surface area contributed by atoms with Gasteiger partial charge in [0.05, 0.1) is 6.20 Å². The molecule has 2 heterocycles. The molecule has 22 heavy (non-hydrogen) atoms. The van der Waals surface area contributed by atoms with Crippen LogP contribution in [0.3, 0.4) is 0 Å². The number of para-hydroxylation sites is 1. The molecule has 3 aromatic rings. The van der Waals surface area contributed by atoms with Gasteiger partial charge in [-0.2, -0.15) is 5.10 Å². The molecule has 112 valence electrons. The molecule has 0 aliphatic rings. The largest absolute Gasteiger partial charge is 0.320 e. The molecule has 2 aromatic heterocycles. The van der Waals surface area contributed by atoms with Crippen LogP contribution in [0.5, 0.6) is 0 Å². The highest BCUT2D eigenvalue weighted by Crippen LogP contribution is 2.21. The van der Waals surface area contributed by atoms with Crippen molar-refractivity contribution in [1.29, 1.82) is 0 Å². The van der Waals surface area contributed by atoms with Crippen LogP contribution in [0.1, 0.15) is 34.2 Å². The molecule has 0 unspecified atom stereocenters. The summed E-state index contributed by atoms with van der Waals surface area (Å²) >= 11 is 0. The number of carbonyl (C=O) groups excluding carboxylic acids is 1. The number of aryl methyl sites for hydroxylation is 3. The van der Waals surface area contributed by atoms with Gasteiger partial charge < -0.3 is 5.32 Å². The number of nitrogens with zero attached hydrogens (tertiary/aromatic N) is 3. The van der Waals surface area contributed by atoms with E-state index in [0.717, 1.165) is 28.9 Å². The molecule has 5 nitrogen and oxygen atoms in total. The lowest BCUT2D eigenvalue weighted by atomic mass is 10.1. The van der Waals surface area contributed by atoms with E-state index in [1.807, 2.05) is 32.0 Å². The van der Waals surface area contributed by atoms with Gasteiger partial charge in [-0.3, -0.25) is 4.79 Å². The predicted octanol–water partition coefficient (Wildman–Crippen LogP) is 3.16. The van der Waals surface area contributed by atoms with Crippen molar-refractivity contribution in [3.8, 4) is 0 Å². The smallest absolute Gasteiger partial charge is 0.274 e. The Labute approximate surface area is 129 Å². The number of benzene rings is 1. The molecule has 1 N–H and O–H groups in total. The fourth-order valence-electron chi connectivity index (χ4n) is 2.56. The lowest BCUT2D eigenvalue weighted by molar-refractivity contribution is 0.102. The summed E-state index contributed by atoms with van der Waals surface area (Å²) < 4.78 is 1.71. The van der Waals surface area contributed by atoms with Gasteiger partial charge in [-0.1, -0.05) is 25.1 Å². The van der Waals surface area contributed by atoms with Gasteiger partial charge in [-0.25, -0.2) is 9.50 Å². The number of fused-ring (bicyclic) bond motifs is 1. The first-order chi connectivity index (χ1) is 10.6. The number of rotatable bonds is 3. The Balaban J connectivity index is 1.97. The number of aromatic nitrogens is 3. The van der Waals surface area contributed by atoms with Crippen LogP contribution in [-0.4, -0.2) is 20.5 Å². The van der Waals surface area contributed by atoms with E-state index in [1.165, 1.54) is 0 Å². The van der Waals surface area contributed by atoms with E-state index >= 15 is 0 Å². The average Bonchev–Trinajstić information content (AvgIpc) is 2.98. The molecule has 1 aromatic carbocycles. The third-order valence-corrected chi connectivity index (χ3v) is 3.75. The first-order valence-corrected chi connectivity index (χ1v) is 7.31. The van der Waals surface area contributed by atoms with Crippen LogP contribution in [-0.2, 0) is 6.42 Å². The van der Waals surface area contributed by atoms with Gasteiger partial charge in [0.25, 0.3) is 5.91 Å². The molecule has 0 atom stereocenters. The minimum Gasteiger partial charge on any atom is -0.320 e. The van der Waals surface area contributed by atoms with Crippen molar-refractivity contribution >= 4 is 17.2 Å². The van der Waals surface area contributed by atoms with Gasteiger partial charge >= 0.3 is 0 Å². The van der Waals surface area contributed by atoms with Crippen molar-refractivity contribution in [1.82, 2.24) is 14.6 Å². The van der Waals surface area contributed by atoms with Gasteiger partial charge in [0.2, 0.25) is 0 Å². The number of hydrogen-bond acceptors (Lipinski definition) is 3. The van der Waals surface area contributed by atoms with E-state index in [-0.39, 0.29) is 5.91 Å². The Kier molecular flexibility index (Phi) is 3.63. The van der Waals surface area contributed by atoms with Crippen LogP contribution >= 0.6 is 0 Å². The molecule has 0 spiro atoms. The van der Waals surface area contributed by atoms with E-state index < -0.39 is 0 Å². The summed E-state index contributed by atoms with van der Waals surface area (Å²) in [5.74, 6) is -0.198. The molecule has 1 amide bonds. The topological polar surface area (TPSA) is 59.3 Å². The van der Waals surface area contributed by atoms with Crippen LogP contribution in [0.15, 0.2) is 36.5 Å². The standard InChI is InChI=1S/C17H18N4O/c1-4-13-7-5-6-11(2)16(13)20-17(22)14-10-12(3)21-15(19-14)8-9-18-21/h5-10H,4H2,1-3H3,(H,20,22). The zero-order chi connectivity index (χ0) is 15.7. The van der Waals surface area contributed by atoms with Gasteiger partial charge in [-0.15, -0.1) is 0 Å². The van der Waals surface area contributed by atoms with Crippen molar-refractivity contribution in [2.45, 2.75) is 27.2 Å². The second kappa shape index (κ2) is 5.60. The van der Waals surface area contributed by atoms with Gasteiger partial charge in [0.1, 0.15) is 5.69 Å². The second-order valence-corrected chi connectivity index (χ2v) is 5.30. The number of nitrogens with one attached hydrogen (secondary N) is 1. The van der Waals surface area contributed by atoms with Crippen molar-refractivity contribution < 1.29 is 4.79 Å². The van der Waals surface area contributed by atoms with Crippen molar-refractivity contribution in [3.05, 3.63) is 59.0 Å². The summed E-state index contributed by atoms with van der Waals surface area (Å²) in [6, 6.07) is 9.56. The van der Waals surface area contributed by atoms with Gasteiger partial charge in [0, 0.05) is 17.4 Å². The summed E-state index contributed by atoms with van der Waals surface area (Å²) in [4.78, 5) is 16.9. The van der Waals surface area contributed by atoms with Crippen molar-refractivity contribution in [3.63, 3.8) is 0 Å². The lowest BCUT2D eigenvalue weighted by Gasteiger charge is -2.13. The van der Waals surface area contributed by atoms with Crippen LogP contribution in [0.2, 0.25) is 0 Å². The third-order valence-electron chi connectivity index (χ3n) is 3.75. The van der Waals surface area contributed by atoms with Crippen molar-refractivity contribution in [2.24, 2.45) is 0 Å². The molecule has 0 saturated carbocycles. The van der Waals surface area contributed by atoms with Crippen LogP contribution in [0.4, 0.5) is 5.69 Å². The Morgan fingerprint density at radius 1 is 1.27 bits per heavy atom. The SMILES string of the molecule is CCc1cccc(C)c1NC(=O)c1cc(C)n2nccc2n1. The fourth-order valence-corrected chi connectivity index (χ4v) is 2.56. The molecule has 0 bridgehead atoms. The first-order valence-electron chi connectivity index (χ1n) is 7.31. The lowest BCUT2D eigenvalue weighted by Crippen LogP contribution is -2.17. The number of amides is 1. The Morgan fingerprint density at radius 2 is 2.09 bits per heavy atom. The molecular weight excluding hydrogens is 276 g/mol. The predicted molar refractivity (Wildman–Crippen MR) is 86.2 cm³/mol. The number of carbonyl (C=O) groups is 1. The molecule has 0 saturated heterocycles. The number of anilines is 1. The van der Waals surface area contributed by atoms with Crippen molar-refractivity contribution in [2.75, 3.05) is 5.32 Å². The molecular formula is C17H18N4O. The van der Waals surface area contributed by atoms with E-state index in [0.29, 0.717) is 11.3 Å². The zero-order valence-corrected chi connectivity index (χ0v) is 12.9. The summed E-state index contributed by atoms with van der Waals surface area (Å²) in [6.07, 6.45) is 2.54. The summed E-state index contributed by atoms with van der Waals surface area (Å²) in [7, 11) is 0. The molecule has 5 heteroatoms. The summed E-state index contributed by atoms with van der Waals surface area (Å²) in [6.45, 7) is 5.97. The Hall–Kier alpha value is -2.69. The average molecular weight is 294 g/mol. The van der Waals surface area contributed by atoms with E-state index in [9.17, 15) is 4.79 Å². The molecule has 3 rings (SSSR count). The maximum Gasteiger partial charge on any atom is 0.274 e. The minimum atomic E-state index is -0.198. The van der Waals surface area contributed by atoms with E-state index in [4.69, 9.17) is 0 Å². The quantitative estimate of drug-likeness (QED) is 0.807. The molecule has 0 radical (unpaired) electrons.